The zero-order valence-electron chi connectivity index (χ0n) is 7.00. The summed E-state index contributed by atoms with van der Waals surface area (Å²) < 4.78 is 0. The van der Waals surface area contributed by atoms with E-state index >= 15 is 0 Å². The first-order valence-electron chi connectivity index (χ1n) is 3.77. The number of rotatable bonds is 3. The molecule has 1 amide bonds. The predicted octanol–water partition coefficient (Wildman–Crippen LogP) is 0.892. The van der Waals surface area contributed by atoms with E-state index in [-0.39, 0.29) is 12.5 Å². The van der Waals surface area contributed by atoms with E-state index < -0.39 is 0 Å². The number of hydrogen-bond donors (Lipinski definition) is 2. The first-order chi connectivity index (χ1) is 5.68. The summed E-state index contributed by atoms with van der Waals surface area (Å²) in [5, 5.41) is 2.91. The van der Waals surface area contributed by atoms with Gasteiger partial charge >= 0.3 is 0 Å². The van der Waals surface area contributed by atoms with Crippen LogP contribution in [0, 0.1) is 6.92 Å². The van der Waals surface area contributed by atoms with E-state index in [1.165, 1.54) is 0 Å². The van der Waals surface area contributed by atoms with E-state index in [1.807, 2.05) is 31.2 Å². The molecule has 1 aromatic rings. The number of hydrogen-bond acceptors (Lipinski definition) is 2. The Morgan fingerprint density at radius 2 is 2.33 bits per heavy atom. The molecular formula is C9H12N2O. The van der Waals surface area contributed by atoms with Gasteiger partial charge in [-0.3, -0.25) is 4.79 Å². The van der Waals surface area contributed by atoms with Crippen LogP contribution in [0.15, 0.2) is 24.3 Å². The molecule has 0 unspecified atom stereocenters. The van der Waals surface area contributed by atoms with Gasteiger partial charge in [0.2, 0.25) is 5.91 Å². The van der Waals surface area contributed by atoms with Crippen molar-refractivity contribution in [2.24, 2.45) is 5.73 Å². The fourth-order valence-electron chi connectivity index (χ4n) is 0.944. The number of primary amides is 1. The van der Waals surface area contributed by atoms with E-state index in [2.05, 4.69) is 5.32 Å². The molecule has 0 saturated heterocycles. The van der Waals surface area contributed by atoms with Crippen LogP contribution in [0.5, 0.6) is 0 Å². The maximum atomic E-state index is 10.4. The van der Waals surface area contributed by atoms with Gasteiger partial charge in [-0.25, -0.2) is 0 Å². The van der Waals surface area contributed by atoms with Crippen molar-refractivity contribution < 1.29 is 4.79 Å². The van der Waals surface area contributed by atoms with E-state index in [4.69, 9.17) is 5.73 Å². The third-order valence-electron chi connectivity index (χ3n) is 1.48. The fraction of sp³-hybridized carbons (Fsp3) is 0.222. The Morgan fingerprint density at radius 1 is 1.58 bits per heavy atom. The van der Waals surface area contributed by atoms with Crippen LogP contribution >= 0.6 is 0 Å². The number of nitrogens with two attached hydrogens (primary N) is 1. The Hall–Kier alpha value is -1.51. The van der Waals surface area contributed by atoms with Crippen LogP contribution < -0.4 is 11.1 Å². The van der Waals surface area contributed by atoms with E-state index in [0.717, 1.165) is 11.3 Å². The lowest BCUT2D eigenvalue weighted by Crippen LogP contribution is -2.21. The summed E-state index contributed by atoms with van der Waals surface area (Å²) >= 11 is 0. The molecule has 0 aliphatic heterocycles. The second-order valence-electron chi connectivity index (χ2n) is 2.69. The Balaban J connectivity index is 2.57. The summed E-state index contributed by atoms with van der Waals surface area (Å²) in [4.78, 5) is 10.4. The van der Waals surface area contributed by atoms with Crippen molar-refractivity contribution in [2.75, 3.05) is 11.9 Å². The molecule has 3 N–H and O–H groups in total. The van der Waals surface area contributed by atoms with Crippen molar-refractivity contribution in [3.63, 3.8) is 0 Å². The number of carbonyl (C=O) groups is 1. The lowest BCUT2D eigenvalue weighted by Gasteiger charge is -2.03. The molecule has 0 aliphatic rings. The Labute approximate surface area is 71.6 Å². The van der Waals surface area contributed by atoms with E-state index in [0.29, 0.717) is 0 Å². The zero-order chi connectivity index (χ0) is 8.97. The number of nitrogens with one attached hydrogen (secondary N) is 1. The van der Waals surface area contributed by atoms with Gasteiger partial charge in [-0.05, 0) is 24.6 Å². The molecule has 0 fully saturated rings. The van der Waals surface area contributed by atoms with E-state index in [1.54, 1.807) is 0 Å². The van der Waals surface area contributed by atoms with Gasteiger partial charge in [0.15, 0.2) is 0 Å². The molecule has 0 aromatic heterocycles. The highest BCUT2D eigenvalue weighted by Gasteiger charge is 1.94. The Kier molecular flexibility index (Phi) is 2.69. The second kappa shape index (κ2) is 3.76. The molecule has 0 aliphatic carbocycles. The van der Waals surface area contributed by atoms with Gasteiger partial charge in [-0.2, -0.15) is 0 Å². The molecule has 1 rings (SSSR count). The first kappa shape index (κ1) is 8.59. The molecule has 0 radical (unpaired) electrons. The van der Waals surface area contributed by atoms with Gasteiger partial charge in [0.25, 0.3) is 0 Å². The third kappa shape index (κ3) is 2.62. The number of amides is 1. The molecule has 0 atom stereocenters. The SMILES string of the molecule is Cc1cccc(NCC(N)=O)c1. The molecule has 1 aromatic carbocycles. The summed E-state index contributed by atoms with van der Waals surface area (Å²) in [6.07, 6.45) is 0. The smallest absolute Gasteiger partial charge is 0.236 e. The minimum absolute atomic E-state index is 0.184. The summed E-state index contributed by atoms with van der Waals surface area (Å²) in [5.41, 5.74) is 7.06. The Morgan fingerprint density at radius 3 is 2.92 bits per heavy atom. The summed E-state index contributed by atoms with van der Waals surface area (Å²) in [6, 6.07) is 7.78. The second-order valence-corrected chi connectivity index (χ2v) is 2.69. The number of anilines is 1. The van der Waals surface area contributed by atoms with Crippen molar-refractivity contribution in [3.05, 3.63) is 29.8 Å². The number of carbonyl (C=O) groups excluding carboxylic acids is 1. The van der Waals surface area contributed by atoms with Crippen LogP contribution in [0.3, 0.4) is 0 Å². The fourth-order valence-corrected chi connectivity index (χ4v) is 0.944. The Bertz CT molecular complexity index is 284. The average molecular weight is 164 g/mol. The van der Waals surface area contributed by atoms with Crippen LogP contribution in [0.25, 0.3) is 0 Å². The number of benzene rings is 1. The minimum atomic E-state index is -0.350. The van der Waals surface area contributed by atoms with Crippen molar-refractivity contribution in [2.45, 2.75) is 6.92 Å². The molecule has 0 saturated carbocycles. The lowest BCUT2D eigenvalue weighted by molar-refractivity contribution is -0.116. The topological polar surface area (TPSA) is 55.1 Å². The largest absolute Gasteiger partial charge is 0.376 e. The van der Waals surface area contributed by atoms with Crippen LogP contribution in [-0.4, -0.2) is 12.5 Å². The van der Waals surface area contributed by atoms with Crippen molar-refractivity contribution in [1.82, 2.24) is 0 Å². The van der Waals surface area contributed by atoms with Crippen LogP contribution in [-0.2, 0) is 4.79 Å². The van der Waals surface area contributed by atoms with E-state index in [9.17, 15) is 4.79 Å². The highest BCUT2D eigenvalue weighted by molar-refractivity contribution is 5.78. The summed E-state index contributed by atoms with van der Waals surface area (Å²) in [7, 11) is 0. The third-order valence-corrected chi connectivity index (χ3v) is 1.48. The normalized spacial score (nSPS) is 9.42. The lowest BCUT2D eigenvalue weighted by atomic mass is 10.2. The molecule has 3 nitrogen and oxygen atoms in total. The molecule has 12 heavy (non-hydrogen) atoms. The highest BCUT2D eigenvalue weighted by Crippen LogP contribution is 2.08. The average Bonchev–Trinajstić information content (AvgIpc) is 2.01. The van der Waals surface area contributed by atoms with Crippen LogP contribution in [0.2, 0.25) is 0 Å². The first-order valence-corrected chi connectivity index (χ1v) is 3.77. The zero-order valence-corrected chi connectivity index (χ0v) is 7.00. The van der Waals surface area contributed by atoms with Gasteiger partial charge in [0.1, 0.15) is 0 Å². The van der Waals surface area contributed by atoms with Gasteiger partial charge in [-0.15, -0.1) is 0 Å². The highest BCUT2D eigenvalue weighted by atomic mass is 16.1. The van der Waals surface area contributed by atoms with Crippen molar-refractivity contribution >= 4 is 11.6 Å². The molecule has 0 heterocycles. The summed E-state index contributed by atoms with van der Waals surface area (Å²) in [6.45, 7) is 2.18. The molecule has 64 valence electrons. The molecule has 0 spiro atoms. The maximum Gasteiger partial charge on any atom is 0.236 e. The monoisotopic (exact) mass is 164 g/mol. The predicted molar refractivity (Wildman–Crippen MR) is 48.9 cm³/mol. The van der Waals surface area contributed by atoms with Gasteiger partial charge < -0.3 is 11.1 Å². The maximum absolute atomic E-state index is 10.4. The van der Waals surface area contributed by atoms with Crippen molar-refractivity contribution in [3.8, 4) is 0 Å². The molecular weight excluding hydrogens is 152 g/mol. The molecule has 3 heteroatoms. The van der Waals surface area contributed by atoms with Gasteiger partial charge in [0.05, 0.1) is 6.54 Å². The minimum Gasteiger partial charge on any atom is -0.376 e. The van der Waals surface area contributed by atoms with Gasteiger partial charge in [0, 0.05) is 5.69 Å². The van der Waals surface area contributed by atoms with Gasteiger partial charge in [-0.1, -0.05) is 12.1 Å². The summed E-state index contributed by atoms with van der Waals surface area (Å²) in [5.74, 6) is -0.350. The quantitative estimate of drug-likeness (QED) is 0.697. The molecule has 0 bridgehead atoms. The van der Waals surface area contributed by atoms with Crippen LogP contribution in [0.1, 0.15) is 5.56 Å². The standard InChI is InChI=1S/C9H12N2O/c1-7-3-2-4-8(5-7)11-6-9(10)12/h2-5,11H,6H2,1H3,(H2,10,12). The van der Waals surface area contributed by atoms with Crippen molar-refractivity contribution in [1.29, 1.82) is 0 Å². The van der Waals surface area contributed by atoms with Crippen LogP contribution in [0.4, 0.5) is 5.69 Å². The number of aryl methyl sites for hydroxylation is 1.